The molecule has 1 heterocycles. The third-order valence-electron chi connectivity index (χ3n) is 9.89. The second-order valence-corrected chi connectivity index (χ2v) is 15.6. The predicted octanol–water partition coefficient (Wildman–Crippen LogP) is 7.09. The summed E-state index contributed by atoms with van der Waals surface area (Å²) in [5, 5.41) is 3.58. The van der Waals surface area contributed by atoms with Gasteiger partial charge in [0.25, 0.3) is 10.0 Å². The SMILES string of the molecule is Cc1cccc(C)c1-c1cc(OC[C@@H](CC2(C(F)(F)F)CC2)N(C)[C@H]2CC[C@@H](NC(C)C)CC2)nc(NS(=O)(=O)c2cccc(C=O)c2)n1. The van der Waals surface area contributed by atoms with Crippen LogP contribution in [-0.4, -0.2) is 73.6 Å². The van der Waals surface area contributed by atoms with E-state index in [-0.39, 0.29) is 54.2 Å². The summed E-state index contributed by atoms with van der Waals surface area (Å²) in [6.07, 6.45) is -0.0862. The van der Waals surface area contributed by atoms with Gasteiger partial charge >= 0.3 is 6.18 Å². The number of sulfonamides is 1. The molecular formula is C36H46F3N5O4S. The van der Waals surface area contributed by atoms with Crippen LogP contribution in [0.15, 0.2) is 53.4 Å². The molecule has 0 saturated heterocycles. The van der Waals surface area contributed by atoms with Gasteiger partial charge in [0.2, 0.25) is 11.8 Å². The van der Waals surface area contributed by atoms with Crippen molar-refractivity contribution >= 4 is 22.3 Å². The first-order valence-electron chi connectivity index (χ1n) is 16.8. The molecule has 0 amide bonds. The van der Waals surface area contributed by atoms with Crippen molar-refractivity contribution in [2.75, 3.05) is 18.4 Å². The predicted molar refractivity (Wildman–Crippen MR) is 183 cm³/mol. The number of hydrogen-bond acceptors (Lipinski definition) is 8. The number of ether oxygens (including phenoxy) is 1. The average Bonchev–Trinajstić information content (AvgIpc) is 3.84. The van der Waals surface area contributed by atoms with Gasteiger partial charge in [-0.1, -0.05) is 44.2 Å². The quantitative estimate of drug-likeness (QED) is 0.171. The summed E-state index contributed by atoms with van der Waals surface area (Å²) < 4.78 is 78.1. The van der Waals surface area contributed by atoms with E-state index in [2.05, 4.69) is 38.8 Å². The number of carbonyl (C=O) groups is 1. The monoisotopic (exact) mass is 701 g/mol. The van der Waals surface area contributed by atoms with Crippen molar-refractivity contribution in [3.05, 3.63) is 65.2 Å². The molecule has 2 aliphatic carbocycles. The second-order valence-electron chi connectivity index (χ2n) is 13.9. The maximum atomic E-state index is 14.2. The topological polar surface area (TPSA) is 114 Å². The zero-order valence-corrected chi connectivity index (χ0v) is 29.5. The second kappa shape index (κ2) is 14.7. The van der Waals surface area contributed by atoms with E-state index in [1.807, 2.05) is 39.1 Å². The smallest absolute Gasteiger partial charge is 0.394 e. The highest BCUT2D eigenvalue weighted by atomic mass is 32.2. The van der Waals surface area contributed by atoms with E-state index in [9.17, 15) is 26.4 Å². The first-order valence-corrected chi connectivity index (χ1v) is 18.3. The Morgan fingerprint density at radius 3 is 2.27 bits per heavy atom. The van der Waals surface area contributed by atoms with Gasteiger partial charge in [-0.2, -0.15) is 18.2 Å². The summed E-state index contributed by atoms with van der Waals surface area (Å²) in [5.74, 6) is -0.228. The molecule has 2 aliphatic rings. The Balaban J connectivity index is 1.45. The molecule has 2 saturated carbocycles. The van der Waals surface area contributed by atoms with Gasteiger partial charge in [0.15, 0.2) is 0 Å². The number of alkyl halides is 3. The third-order valence-corrected chi connectivity index (χ3v) is 11.2. The fourth-order valence-corrected chi connectivity index (χ4v) is 7.95. The lowest BCUT2D eigenvalue weighted by molar-refractivity contribution is -0.193. The first-order chi connectivity index (χ1) is 23.1. The standard InChI is InChI=1S/C36H46F3N5O4S/c1-23(2)40-27-12-14-28(15-13-27)44(5)29(20-35(16-17-35)36(37,38)39)22-48-32-19-31(33-24(3)8-6-9-25(33)4)41-34(42-32)43-49(46,47)30-11-7-10-26(18-30)21-45/h6-11,18-19,21,23,27-29,40H,12-17,20,22H2,1-5H3,(H,41,42,43)/t27-,28+,29-/m1/s1. The van der Waals surface area contributed by atoms with Crippen LogP contribution in [0.25, 0.3) is 11.3 Å². The summed E-state index contributed by atoms with van der Waals surface area (Å²) >= 11 is 0. The molecule has 0 aliphatic heterocycles. The van der Waals surface area contributed by atoms with Crippen LogP contribution in [0.5, 0.6) is 5.88 Å². The maximum absolute atomic E-state index is 14.2. The molecule has 13 heteroatoms. The van der Waals surface area contributed by atoms with Gasteiger partial charge in [0, 0.05) is 41.4 Å². The van der Waals surface area contributed by atoms with Crippen molar-refractivity contribution < 1.29 is 31.1 Å². The minimum Gasteiger partial charge on any atom is -0.476 e. The Bertz CT molecular complexity index is 1720. The van der Waals surface area contributed by atoms with Gasteiger partial charge in [-0.05, 0) is 89.1 Å². The van der Waals surface area contributed by atoms with Crippen LogP contribution in [0.3, 0.4) is 0 Å². The molecule has 9 nitrogen and oxygen atoms in total. The van der Waals surface area contributed by atoms with Gasteiger partial charge in [-0.3, -0.25) is 9.69 Å². The zero-order chi connectivity index (χ0) is 35.6. The van der Waals surface area contributed by atoms with E-state index in [1.54, 1.807) is 6.07 Å². The van der Waals surface area contributed by atoms with Crippen LogP contribution in [0.2, 0.25) is 0 Å². The number of nitrogens with one attached hydrogen (secondary N) is 2. The summed E-state index contributed by atoms with van der Waals surface area (Å²) in [7, 11) is -2.33. The fraction of sp³-hybridized carbons (Fsp3) is 0.528. The summed E-state index contributed by atoms with van der Waals surface area (Å²) in [6.45, 7) is 7.95. The molecule has 3 aromatic rings. The van der Waals surface area contributed by atoms with Crippen molar-refractivity contribution in [1.82, 2.24) is 20.2 Å². The largest absolute Gasteiger partial charge is 0.476 e. The highest BCUT2D eigenvalue weighted by Gasteiger charge is 2.63. The van der Waals surface area contributed by atoms with E-state index in [1.165, 1.54) is 24.3 Å². The lowest BCUT2D eigenvalue weighted by Gasteiger charge is -2.41. The number of nitrogens with zero attached hydrogens (tertiary/aromatic N) is 3. The van der Waals surface area contributed by atoms with E-state index in [4.69, 9.17) is 4.74 Å². The number of rotatable bonds is 14. The minimum atomic E-state index is -4.32. The first kappa shape index (κ1) is 36.7. The highest BCUT2D eigenvalue weighted by Crippen LogP contribution is 2.61. The Labute approximate surface area is 287 Å². The molecule has 5 rings (SSSR count). The van der Waals surface area contributed by atoms with Gasteiger partial charge in [0.05, 0.1) is 16.0 Å². The molecule has 2 N–H and O–H groups in total. The lowest BCUT2D eigenvalue weighted by atomic mass is 9.87. The van der Waals surface area contributed by atoms with Crippen LogP contribution in [0.1, 0.15) is 80.3 Å². The van der Waals surface area contributed by atoms with E-state index in [0.717, 1.165) is 42.4 Å². The molecule has 2 fully saturated rings. The number of carbonyl (C=O) groups excluding carboxylic acids is 1. The number of aryl methyl sites for hydroxylation is 2. The molecule has 2 aromatic carbocycles. The molecule has 1 aromatic heterocycles. The van der Waals surface area contributed by atoms with Crippen molar-refractivity contribution in [3.8, 4) is 17.1 Å². The van der Waals surface area contributed by atoms with Crippen molar-refractivity contribution in [1.29, 1.82) is 0 Å². The van der Waals surface area contributed by atoms with Crippen LogP contribution in [-0.2, 0) is 10.0 Å². The molecule has 266 valence electrons. The Hall–Kier alpha value is -3.55. The Morgan fingerprint density at radius 2 is 1.67 bits per heavy atom. The summed E-state index contributed by atoms with van der Waals surface area (Å²) in [6, 6.07) is 13.1. The fourth-order valence-electron chi connectivity index (χ4n) is 6.95. The van der Waals surface area contributed by atoms with Crippen LogP contribution >= 0.6 is 0 Å². The van der Waals surface area contributed by atoms with Crippen LogP contribution in [0.4, 0.5) is 19.1 Å². The molecule has 0 radical (unpaired) electrons. The van der Waals surface area contributed by atoms with Gasteiger partial charge in [-0.15, -0.1) is 0 Å². The van der Waals surface area contributed by atoms with E-state index < -0.39 is 27.7 Å². The van der Waals surface area contributed by atoms with Gasteiger partial charge in [-0.25, -0.2) is 18.1 Å². The average molecular weight is 702 g/mol. The number of aromatic nitrogens is 2. The molecular weight excluding hydrogens is 655 g/mol. The zero-order valence-electron chi connectivity index (χ0n) is 28.7. The Morgan fingerprint density at radius 1 is 1.02 bits per heavy atom. The molecule has 1 atom stereocenters. The van der Waals surface area contributed by atoms with E-state index >= 15 is 0 Å². The molecule has 0 bridgehead atoms. The van der Waals surface area contributed by atoms with Crippen LogP contribution in [0, 0.1) is 19.3 Å². The number of aldehydes is 1. The van der Waals surface area contributed by atoms with Gasteiger partial charge in [0.1, 0.15) is 12.9 Å². The van der Waals surface area contributed by atoms with Crippen molar-refractivity contribution in [2.45, 2.75) is 108 Å². The summed E-state index contributed by atoms with van der Waals surface area (Å²) in [4.78, 5) is 22.1. The summed E-state index contributed by atoms with van der Waals surface area (Å²) in [5.41, 5.74) is 1.38. The third kappa shape index (κ3) is 8.79. The number of halogens is 3. The van der Waals surface area contributed by atoms with E-state index in [0.29, 0.717) is 24.1 Å². The normalized spacial score (nSPS) is 19.9. The van der Waals surface area contributed by atoms with Gasteiger partial charge < -0.3 is 10.1 Å². The van der Waals surface area contributed by atoms with Crippen molar-refractivity contribution in [2.24, 2.45) is 5.41 Å². The number of anilines is 1. The minimum absolute atomic E-state index is 0.0343. The maximum Gasteiger partial charge on any atom is 0.394 e. The molecule has 0 spiro atoms. The van der Waals surface area contributed by atoms with Crippen LogP contribution < -0.4 is 14.8 Å². The highest BCUT2D eigenvalue weighted by molar-refractivity contribution is 7.92. The number of benzene rings is 2. The number of likely N-dealkylation sites (N-methyl/N-ethyl adjacent to an activating group) is 1. The Kier molecular flexibility index (Phi) is 11.0. The molecule has 49 heavy (non-hydrogen) atoms. The molecule has 0 unspecified atom stereocenters. The lowest BCUT2D eigenvalue weighted by Crippen LogP contribution is -2.49. The number of hydrogen-bond donors (Lipinski definition) is 2. The van der Waals surface area contributed by atoms with Crippen molar-refractivity contribution in [3.63, 3.8) is 0 Å².